The van der Waals surface area contributed by atoms with Gasteiger partial charge in [0.15, 0.2) is 0 Å². The molecule has 0 bridgehead atoms. The van der Waals surface area contributed by atoms with E-state index in [1.165, 1.54) is 0 Å². The van der Waals surface area contributed by atoms with Gasteiger partial charge in [-0.2, -0.15) is 0 Å². The van der Waals surface area contributed by atoms with Crippen LogP contribution in [-0.2, 0) is 0 Å². The zero-order valence-corrected chi connectivity index (χ0v) is 11.3. The number of hydrogen-bond acceptors (Lipinski definition) is 3. The summed E-state index contributed by atoms with van der Waals surface area (Å²) in [4.78, 5) is 4.26. The van der Waals surface area contributed by atoms with Crippen LogP contribution in [0.1, 0.15) is 0 Å². The molecule has 0 atom stereocenters. The van der Waals surface area contributed by atoms with Crippen LogP contribution < -0.4 is 15.8 Å². The van der Waals surface area contributed by atoms with Crippen LogP contribution in [0.2, 0.25) is 0 Å². The minimum absolute atomic E-state index is 0.524. The predicted octanol–water partition coefficient (Wildman–Crippen LogP) is 2.53. The third-order valence-electron chi connectivity index (χ3n) is 2.67. The molecule has 0 heterocycles. The lowest BCUT2D eigenvalue weighted by atomic mass is 10.3. The second-order valence-electron chi connectivity index (χ2n) is 4.25. The molecule has 0 saturated heterocycles. The third-order valence-corrected chi connectivity index (χ3v) is 2.67. The fraction of sp³-hybridized carbons (Fsp3) is 0.188. The molecule has 3 N–H and O–H groups in total. The number of aliphatic imine (C=N–C) groups is 1. The molecule has 2 aromatic rings. The molecular formula is C16H19N3O. The first kappa shape index (κ1) is 13.9. The van der Waals surface area contributed by atoms with E-state index in [9.17, 15) is 0 Å². The molecule has 2 rings (SSSR count). The summed E-state index contributed by atoms with van der Waals surface area (Å²) in [6.07, 6.45) is 0. The van der Waals surface area contributed by atoms with Crippen LogP contribution in [0.25, 0.3) is 0 Å². The molecule has 0 amide bonds. The highest BCUT2D eigenvalue weighted by molar-refractivity contribution is 5.84. The molecule has 2 aromatic carbocycles. The lowest BCUT2D eigenvalue weighted by molar-refractivity contribution is 0.329. The van der Waals surface area contributed by atoms with Crippen molar-refractivity contribution in [3.63, 3.8) is 0 Å². The maximum atomic E-state index is 5.83. The Hall–Kier alpha value is -2.49. The van der Waals surface area contributed by atoms with E-state index in [-0.39, 0.29) is 0 Å². The largest absolute Gasteiger partial charge is 0.492 e. The minimum Gasteiger partial charge on any atom is -0.492 e. The lowest BCUT2D eigenvalue weighted by Gasteiger charge is -2.06. The molecule has 0 fully saturated rings. The van der Waals surface area contributed by atoms with E-state index >= 15 is 0 Å². The molecule has 4 nitrogen and oxygen atoms in total. The van der Waals surface area contributed by atoms with Crippen LogP contribution in [0, 0.1) is 0 Å². The third kappa shape index (κ3) is 5.02. The maximum Gasteiger partial charge on any atom is 0.119 e. The van der Waals surface area contributed by atoms with E-state index in [4.69, 9.17) is 10.5 Å². The second-order valence-corrected chi connectivity index (χ2v) is 4.25. The summed E-state index contributed by atoms with van der Waals surface area (Å²) >= 11 is 0. The fourth-order valence-electron chi connectivity index (χ4n) is 1.67. The van der Waals surface area contributed by atoms with Crippen LogP contribution in [-0.4, -0.2) is 25.5 Å². The van der Waals surface area contributed by atoms with Gasteiger partial charge in [-0.1, -0.05) is 36.4 Å². The van der Waals surface area contributed by atoms with Crippen LogP contribution in [0.15, 0.2) is 65.7 Å². The average molecular weight is 269 g/mol. The Morgan fingerprint density at radius 2 is 1.65 bits per heavy atom. The first-order chi connectivity index (χ1) is 9.84. The summed E-state index contributed by atoms with van der Waals surface area (Å²) in [5.41, 5.74) is 6.87. The standard InChI is InChI=1S/C16H19N3O/c17-16(13-19-14-7-3-1-4-8-14)18-11-12-20-15-9-5-2-6-10-15/h1-10,19H,11-13H2,(H2,17,18). The normalized spacial score (nSPS) is 11.1. The molecule has 0 aromatic heterocycles. The number of para-hydroxylation sites is 2. The van der Waals surface area contributed by atoms with E-state index in [1.807, 2.05) is 60.7 Å². The summed E-state index contributed by atoms with van der Waals surface area (Å²) < 4.78 is 5.54. The highest BCUT2D eigenvalue weighted by Gasteiger charge is 1.94. The van der Waals surface area contributed by atoms with Gasteiger partial charge in [0, 0.05) is 5.69 Å². The number of nitrogens with zero attached hydrogens (tertiary/aromatic N) is 1. The number of nitrogens with one attached hydrogen (secondary N) is 1. The van der Waals surface area contributed by atoms with Gasteiger partial charge in [0.25, 0.3) is 0 Å². The van der Waals surface area contributed by atoms with Gasteiger partial charge in [0.1, 0.15) is 18.2 Å². The maximum absolute atomic E-state index is 5.83. The molecule has 104 valence electrons. The Kier molecular flexibility index (Phi) is 5.46. The molecule has 20 heavy (non-hydrogen) atoms. The first-order valence-electron chi connectivity index (χ1n) is 6.60. The van der Waals surface area contributed by atoms with E-state index in [0.29, 0.717) is 25.5 Å². The average Bonchev–Trinajstić information content (AvgIpc) is 2.52. The smallest absolute Gasteiger partial charge is 0.119 e. The molecule has 0 unspecified atom stereocenters. The summed E-state index contributed by atoms with van der Waals surface area (Å²) in [6, 6.07) is 19.6. The number of hydrogen-bond donors (Lipinski definition) is 2. The summed E-state index contributed by atoms with van der Waals surface area (Å²) in [7, 11) is 0. The molecule has 0 radical (unpaired) electrons. The van der Waals surface area contributed by atoms with Crippen LogP contribution in [0.5, 0.6) is 5.75 Å². The molecule has 0 spiro atoms. The fourth-order valence-corrected chi connectivity index (χ4v) is 1.67. The highest BCUT2D eigenvalue weighted by atomic mass is 16.5. The highest BCUT2D eigenvalue weighted by Crippen LogP contribution is 2.07. The van der Waals surface area contributed by atoms with Gasteiger partial charge in [-0.3, -0.25) is 4.99 Å². The van der Waals surface area contributed by atoms with Gasteiger partial charge >= 0.3 is 0 Å². The second kappa shape index (κ2) is 7.84. The Morgan fingerprint density at radius 3 is 2.35 bits per heavy atom. The Bertz CT molecular complexity index is 526. The molecule has 0 aliphatic rings. The number of benzene rings is 2. The van der Waals surface area contributed by atoms with Crippen molar-refractivity contribution in [2.75, 3.05) is 25.0 Å². The zero-order chi connectivity index (χ0) is 14.0. The summed E-state index contributed by atoms with van der Waals surface area (Å²) in [5, 5.41) is 3.21. The van der Waals surface area contributed by atoms with Crippen molar-refractivity contribution >= 4 is 11.5 Å². The van der Waals surface area contributed by atoms with Gasteiger partial charge in [-0.25, -0.2) is 0 Å². The molecular weight excluding hydrogens is 250 g/mol. The van der Waals surface area contributed by atoms with Crippen molar-refractivity contribution in [1.29, 1.82) is 0 Å². The lowest BCUT2D eigenvalue weighted by Crippen LogP contribution is -2.23. The van der Waals surface area contributed by atoms with Gasteiger partial charge in [0.2, 0.25) is 0 Å². The van der Waals surface area contributed by atoms with Crippen molar-refractivity contribution in [2.24, 2.45) is 10.7 Å². The van der Waals surface area contributed by atoms with E-state index in [1.54, 1.807) is 0 Å². The number of amidine groups is 1. The zero-order valence-electron chi connectivity index (χ0n) is 11.3. The van der Waals surface area contributed by atoms with Gasteiger partial charge in [-0.15, -0.1) is 0 Å². The number of anilines is 1. The van der Waals surface area contributed by atoms with Crippen LogP contribution in [0.3, 0.4) is 0 Å². The number of nitrogens with two attached hydrogens (primary N) is 1. The Balaban J connectivity index is 1.66. The van der Waals surface area contributed by atoms with E-state index < -0.39 is 0 Å². The van der Waals surface area contributed by atoms with Crippen molar-refractivity contribution in [3.8, 4) is 5.75 Å². The molecule has 0 saturated carbocycles. The van der Waals surface area contributed by atoms with Crippen molar-refractivity contribution in [2.45, 2.75) is 0 Å². The van der Waals surface area contributed by atoms with Gasteiger partial charge in [0.05, 0.1) is 13.1 Å². The number of ether oxygens (including phenoxy) is 1. The minimum atomic E-state index is 0.524. The molecule has 0 aliphatic heterocycles. The summed E-state index contributed by atoms with van der Waals surface area (Å²) in [5.74, 6) is 1.43. The quantitative estimate of drug-likeness (QED) is 0.461. The van der Waals surface area contributed by atoms with E-state index in [0.717, 1.165) is 11.4 Å². The Morgan fingerprint density at radius 1 is 1.00 bits per heavy atom. The number of rotatable bonds is 7. The monoisotopic (exact) mass is 269 g/mol. The summed E-state index contributed by atoms with van der Waals surface area (Å²) in [6.45, 7) is 1.61. The van der Waals surface area contributed by atoms with Gasteiger partial charge in [-0.05, 0) is 24.3 Å². The topological polar surface area (TPSA) is 59.6 Å². The Labute approximate surface area is 119 Å². The van der Waals surface area contributed by atoms with Gasteiger partial charge < -0.3 is 15.8 Å². The SMILES string of the molecule is NC(CNc1ccccc1)=NCCOc1ccccc1. The molecule has 0 aliphatic carbocycles. The van der Waals surface area contributed by atoms with Crippen molar-refractivity contribution < 1.29 is 4.74 Å². The van der Waals surface area contributed by atoms with E-state index in [2.05, 4.69) is 10.3 Å². The van der Waals surface area contributed by atoms with Crippen molar-refractivity contribution in [1.82, 2.24) is 0 Å². The molecule has 4 heteroatoms. The van der Waals surface area contributed by atoms with Crippen molar-refractivity contribution in [3.05, 3.63) is 60.7 Å². The van der Waals surface area contributed by atoms with Crippen LogP contribution >= 0.6 is 0 Å². The first-order valence-corrected chi connectivity index (χ1v) is 6.60. The van der Waals surface area contributed by atoms with Crippen LogP contribution in [0.4, 0.5) is 5.69 Å². The predicted molar refractivity (Wildman–Crippen MR) is 83.4 cm³/mol.